The predicted molar refractivity (Wildman–Crippen MR) is 68.8 cm³/mol. The number of hydrogen-bond acceptors (Lipinski definition) is 4. The van der Waals surface area contributed by atoms with Crippen LogP contribution in [0, 0.1) is 0 Å². The average molecular weight is 512 g/mol. The van der Waals surface area contributed by atoms with Gasteiger partial charge in [-0.15, -0.1) is 0 Å². The number of aliphatic hydroxyl groups is 2. The van der Waals surface area contributed by atoms with E-state index in [2.05, 4.69) is 4.74 Å². The van der Waals surface area contributed by atoms with E-state index in [-0.39, 0.29) is 6.61 Å². The predicted octanol–water partition coefficient (Wildman–Crippen LogP) is 0.842. The molecule has 0 radical (unpaired) electrons. The topological polar surface area (TPSA) is 66.8 Å². The van der Waals surface area contributed by atoms with Crippen molar-refractivity contribution < 1.29 is 19.7 Å². The lowest BCUT2D eigenvalue weighted by Gasteiger charge is -2.13. The van der Waals surface area contributed by atoms with Crippen LogP contribution in [0.25, 0.3) is 0 Å². The summed E-state index contributed by atoms with van der Waals surface area (Å²) in [6, 6.07) is 0. The van der Waals surface area contributed by atoms with Crippen LogP contribution in [0.1, 0.15) is 0 Å². The van der Waals surface area contributed by atoms with E-state index in [9.17, 15) is 4.79 Å². The molecule has 0 fully saturated rings. The van der Waals surface area contributed by atoms with Gasteiger partial charge in [0.2, 0.25) is -0.565 Å². The SMILES string of the molecule is O=C(OCC(O)CO)C(I)(I)I. The van der Waals surface area contributed by atoms with Crippen molar-refractivity contribution in [2.24, 2.45) is 0 Å². The Balaban J connectivity index is 3.73. The number of aliphatic hydroxyl groups excluding tert-OH is 2. The van der Waals surface area contributed by atoms with Crippen LogP contribution >= 0.6 is 67.8 Å². The zero-order valence-electron chi connectivity index (χ0n) is 5.84. The average Bonchev–Trinajstić information content (AvgIpc) is 1.97. The van der Waals surface area contributed by atoms with Gasteiger partial charge >= 0.3 is 5.97 Å². The Labute approximate surface area is 111 Å². The number of esters is 1. The second kappa shape index (κ2) is 6.14. The molecule has 0 aliphatic rings. The number of hydrogen-bond donors (Lipinski definition) is 2. The number of rotatable bonds is 4. The Morgan fingerprint density at radius 2 is 2.00 bits per heavy atom. The van der Waals surface area contributed by atoms with Crippen LogP contribution in [0.15, 0.2) is 0 Å². The molecule has 2 N–H and O–H groups in total. The molecule has 1 atom stereocenters. The zero-order valence-corrected chi connectivity index (χ0v) is 12.3. The third-order valence-corrected chi connectivity index (χ3v) is 2.17. The van der Waals surface area contributed by atoms with E-state index in [0.717, 1.165) is 0 Å². The summed E-state index contributed by atoms with van der Waals surface area (Å²) in [5, 5.41) is 17.2. The van der Waals surface area contributed by atoms with E-state index in [1.807, 2.05) is 67.8 Å². The first kappa shape index (κ1) is 13.6. The Morgan fingerprint density at radius 3 is 2.33 bits per heavy atom. The highest BCUT2D eigenvalue weighted by atomic mass is 127. The maximum absolute atomic E-state index is 11.0. The van der Waals surface area contributed by atoms with Crippen molar-refractivity contribution in [3.05, 3.63) is 0 Å². The molecule has 0 amide bonds. The summed E-state index contributed by atoms with van der Waals surface area (Å²) in [5.41, 5.74) is 0. The molecule has 0 aromatic carbocycles. The van der Waals surface area contributed by atoms with Gasteiger partial charge in [-0.3, -0.25) is 0 Å². The van der Waals surface area contributed by atoms with Gasteiger partial charge in [-0.2, -0.15) is 0 Å². The normalized spacial score (nSPS) is 14.1. The first-order valence-electron chi connectivity index (χ1n) is 2.90. The second-order valence-corrected chi connectivity index (χ2v) is 13.0. The summed E-state index contributed by atoms with van der Waals surface area (Å²) >= 11 is 5.75. The van der Waals surface area contributed by atoms with E-state index < -0.39 is 18.1 Å². The smallest absolute Gasteiger partial charge is 0.342 e. The highest BCUT2D eigenvalue weighted by Gasteiger charge is 2.30. The molecule has 0 rings (SSSR count). The molecule has 0 heterocycles. The fourth-order valence-electron chi connectivity index (χ4n) is 0.306. The van der Waals surface area contributed by atoms with Crippen molar-refractivity contribution in [2.45, 2.75) is 5.54 Å². The third-order valence-electron chi connectivity index (χ3n) is 0.849. The van der Waals surface area contributed by atoms with Crippen molar-refractivity contribution >= 4 is 73.7 Å². The maximum atomic E-state index is 11.0. The van der Waals surface area contributed by atoms with Crippen LogP contribution in [0.5, 0.6) is 0 Å². The van der Waals surface area contributed by atoms with Gasteiger partial charge in [-0.1, -0.05) is 0 Å². The number of ether oxygens (including phenoxy) is 1. The molecule has 0 aliphatic heterocycles. The molecule has 7 heteroatoms. The molecule has 0 aromatic heterocycles. The lowest BCUT2D eigenvalue weighted by molar-refractivity contribution is -0.144. The van der Waals surface area contributed by atoms with Crippen LogP contribution in [-0.4, -0.2) is 34.9 Å². The molecule has 1 unspecified atom stereocenters. The van der Waals surface area contributed by atoms with Gasteiger partial charge in [0.05, 0.1) is 6.61 Å². The molecule has 4 nitrogen and oxygen atoms in total. The van der Waals surface area contributed by atoms with E-state index in [1.165, 1.54) is 0 Å². The molecule has 0 aliphatic carbocycles. The summed E-state index contributed by atoms with van der Waals surface area (Å²) in [4.78, 5) is 11.0. The summed E-state index contributed by atoms with van der Waals surface area (Å²) in [5.74, 6) is -0.420. The molecule has 0 saturated carbocycles. The van der Waals surface area contributed by atoms with Crippen molar-refractivity contribution in [3.63, 3.8) is 0 Å². The van der Waals surface area contributed by atoms with Gasteiger partial charge < -0.3 is 14.9 Å². The number of alkyl halides is 3. The summed E-state index contributed by atoms with van der Waals surface area (Å²) in [7, 11) is 0. The number of carbonyl (C=O) groups excluding carboxylic acids is 1. The van der Waals surface area contributed by atoms with Crippen LogP contribution in [-0.2, 0) is 9.53 Å². The number of halogens is 3. The first-order valence-corrected chi connectivity index (χ1v) is 6.14. The van der Waals surface area contributed by atoms with Gasteiger partial charge in [0.1, 0.15) is 12.7 Å². The van der Waals surface area contributed by atoms with Gasteiger partial charge in [-0.05, 0) is 67.8 Å². The van der Waals surface area contributed by atoms with Gasteiger partial charge in [-0.25, -0.2) is 4.79 Å². The Bertz CT molecular complexity index is 155. The quantitative estimate of drug-likeness (QED) is 0.334. The molecule has 72 valence electrons. The highest BCUT2D eigenvalue weighted by molar-refractivity contribution is 14.3. The summed E-state index contributed by atoms with van der Waals surface area (Å²) in [6.07, 6.45) is -0.986. The van der Waals surface area contributed by atoms with Gasteiger partial charge in [0.15, 0.2) is 0 Å². The van der Waals surface area contributed by atoms with Crippen molar-refractivity contribution in [3.8, 4) is 0 Å². The Morgan fingerprint density at radius 1 is 1.50 bits per heavy atom. The fourth-order valence-corrected chi connectivity index (χ4v) is 0.774. The first-order chi connectivity index (χ1) is 5.38. The highest BCUT2D eigenvalue weighted by Crippen LogP contribution is 2.36. The lowest BCUT2D eigenvalue weighted by atomic mass is 10.4. The van der Waals surface area contributed by atoms with E-state index in [4.69, 9.17) is 10.2 Å². The van der Waals surface area contributed by atoms with Crippen LogP contribution < -0.4 is 0 Å². The van der Waals surface area contributed by atoms with Crippen LogP contribution in [0.2, 0.25) is 0 Å². The molecule has 0 bridgehead atoms. The maximum Gasteiger partial charge on any atom is 0.342 e. The van der Waals surface area contributed by atoms with Gasteiger partial charge in [0, 0.05) is 0 Å². The fraction of sp³-hybridized carbons (Fsp3) is 0.800. The van der Waals surface area contributed by atoms with E-state index in [0.29, 0.717) is 0 Å². The minimum atomic E-state index is -0.986. The third kappa shape index (κ3) is 6.10. The Hall–Kier alpha value is 1.58. The molecule has 0 saturated heterocycles. The molecular formula is C5H7I3O4. The summed E-state index contributed by atoms with van der Waals surface area (Å²) in [6.45, 7) is -0.559. The lowest BCUT2D eigenvalue weighted by Crippen LogP contribution is -2.27. The standard InChI is InChI=1S/C5H7I3O4/c6-5(7,8)4(11)12-2-3(10)1-9/h3,9-10H,1-2H2. The van der Waals surface area contributed by atoms with Crippen LogP contribution in [0.4, 0.5) is 0 Å². The molecule has 0 aromatic rings. The minimum absolute atomic E-state index is 0.161. The second-order valence-electron chi connectivity index (χ2n) is 1.93. The van der Waals surface area contributed by atoms with Gasteiger partial charge in [0.25, 0.3) is 0 Å². The van der Waals surface area contributed by atoms with Crippen LogP contribution in [0.3, 0.4) is 0 Å². The van der Waals surface area contributed by atoms with Crippen molar-refractivity contribution in [1.82, 2.24) is 0 Å². The zero-order chi connectivity index (χ0) is 9.78. The Kier molecular flexibility index (Phi) is 6.94. The van der Waals surface area contributed by atoms with Crippen molar-refractivity contribution in [1.29, 1.82) is 0 Å². The van der Waals surface area contributed by atoms with E-state index in [1.54, 1.807) is 0 Å². The number of carbonyl (C=O) groups is 1. The molecule has 12 heavy (non-hydrogen) atoms. The largest absolute Gasteiger partial charge is 0.461 e. The summed E-state index contributed by atoms with van der Waals surface area (Å²) < 4.78 is 4.04. The van der Waals surface area contributed by atoms with Crippen molar-refractivity contribution in [2.75, 3.05) is 13.2 Å². The monoisotopic (exact) mass is 512 g/mol. The minimum Gasteiger partial charge on any atom is -0.461 e. The molecular weight excluding hydrogens is 505 g/mol. The molecule has 0 spiro atoms. The van der Waals surface area contributed by atoms with E-state index >= 15 is 0 Å².